The van der Waals surface area contributed by atoms with Gasteiger partial charge in [-0.3, -0.25) is 25.2 Å². The fourth-order valence-electron chi connectivity index (χ4n) is 1.96. The molecule has 0 spiro atoms. The van der Waals surface area contributed by atoms with Gasteiger partial charge < -0.3 is 0 Å². The Kier molecular flexibility index (Phi) is 4.73. The summed E-state index contributed by atoms with van der Waals surface area (Å²) in [5, 5.41) is 13.2. The van der Waals surface area contributed by atoms with Crippen molar-refractivity contribution in [3.8, 4) is 0 Å². The molecule has 1 N–H and O–H groups in total. The van der Waals surface area contributed by atoms with Crippen LogP contribution in [0.5, 0.6) is 0 Å². The summed E-state index contributed by atoms with van der Waals surface area (Å²) in [4.78, 5) is 29.7. The van der Waals surface area contributed by atoms with Crippen molar-refractivity contribution in [2.45, 2.75) is 9.10 Å². The summed E-state index contributed by atoms with van der Waals surface area (Å²) in [6.45, 7) is 0. The number of pyridine rings is 1. The topological polar surface area (TPSA) is 132 Å². The molecule has 0 aliphatic carbocycles. The van der Waals surface area contributed by atoms with Gasteiger partial charge in [0.25, 0.3) is 11.6 Å². The van der Waals surface area contributed by atoms with Crippen molar-refractivity contribution >= 4 is 37.9 Å². The van der Waals surface area contributed by atoms with Crippen molar-refractivity contribution in [1.82, 2.24) is 9.97 Å². The third-order valence-electron chi connectivity index (χ3n) is 3.23. The Morgan fingerprint density at radius 3 is 2.46 bits per heavy atom. The van der Waals surface area contributed by atoms with Crippen LogP contribution < -0.4 is 5.32 Å². The minimum absolute atomic E-state index is 0.0947. The summed E-state index contributed by atoms with van der Waals surface area (Å²) in [5.41, 5.74) is -0.0426. The number of carbonyl (C=O) groups is 1. The lowest BCUT2D eigenvalue weighted by atomic mass is 10.3. The van der Waals surface area contributed by atoms with E-state index in [2.05, 4.69) is 15.3 Å². The van der Waals surface area contributed by atoms with Crippen LogP contribution in [-0.4, -0.2) is 29.2 Å². The summed E-state index contributed by atoms with van der Waals surface area (Å²) < 4.78 is 25.0. The lowest BCUT2D eigenvalue weighted by Crippen LogP contribution is -2.12. The van der Waals surface area contributed by atoms with Crippen LogP contribution in [0, 0.1) is 10.1 Å². The molecular weight excluding hydrogens is 380 g/mol. The van der Waals surface area contributed by atoms with Crippen molar-refractivity contribution in [2.75, 3.05) is 5.32 Å². The van der Waals surface area contributed by atoms with Gasteiger partial charge in [-0.1, -0.05) is 17.4 Å². The predicted octanol–water partition coefficient (Wildman–Crippen LogP) is 2.53. The number of rotatable bonds is 5. The number of non-ortho nitro benzene ring substituents is 1. The van der Waals surface area contributed by atoms with Crippen LogP contribution in [0.1, 0.15) is 10.5 Å². The van der Waals surface area contributed by atoms with Crippen molar-refractivity contribution in [3.63, 3.8) is 0 Å². The average molecular weight is 390 g/mol. The number of carbonyl (C=O) groups excluding carboxylic acids is 1. The lowest BCUT2D eigenvalue weighted by molar-refractivity contribution is -0.384. The Morgan fingerprint density at radius 1 is 1.12 bits per heavy atom. The van der Waals surface area contributed by atoms with Crippen LogP contribution in [0.3, 0.4) is 0 Å². The zero-order valence-corrected chi connectivity index (χ0v) is 14.5. The molecule has 0 saturated heterocycles. The SMILES string of the molecule is O=C(Nc1ncc(S(=O)(=O)c2ccc([N+](=O)[O-])cc2)s1)c1ccccn1. The van der Waals surface area contributed by atoms with Crippen LogP contribution in [0.2, 0.25) is 0 Å². The van der Waals surface area contributed by atoms with Gasteiger partial charge in [0, 0.05) is 18.3 Å². The zero-order chi connectivity index (χ0) is 18.7. The first-order valence-electron chi connectivity index (χ1n) is 7.06. The molecule has 0 aliphatic rings. The number of amides is 1. The van der Waals surface area contributed by atoms with E-state index >= 15 is 0 Å². The van der Waals surface area contributed by atoms with E-state index < -0.39 is 20.7 Å². The Morgan fingerprint density at radius 2 is 1.85 bits per heavy atom. The van der Waals surface area contributed by atoms with Gasteiger partial charge in [0.2, 0.25) is 9.84 Å². The van der Waals surface area contributed by atoms with Crippen LogP contribution in [0.4, 0.5) is 10.8 Å². The van der Waals surface area contributed by atoms with E-state index in [-0.39, 0.29) is 25.6 Å². The number of aromatic nitrogens is 2. The fourth-order valence-corrected chi connectivity index (χ4v) is 4.39. The maximum Gasteiger partial charge on any atom is 0.276 e. The van der Waals surface area contributed by atoms with E-state index in [1.807, 2.05) is 0 Å². The molecule has 0 unspecified atom stereocenters. The number of nitrogens with one attached hydrogen (secondary N) is 1. The number of hydrogen-bond acceptors (Lipinski definition) is 8. The maximum atomic E-state index is 12.6. The normalized spacial score (nSPS) is 11.1. The van der Waals surface area contributed by atoms with Gasteiger partial charge in [0.15, 0.2) is 5.13 Å². The lowest BCUT2D eigenvalue weighted by Gasteiger charge is -2.01. The monoisotopic (exact) mass is 390 g/mol. The molecule has 3 rings (SSSR count). The number of anilines is 1. The first kappa shape index (κ1) is 17.6. The molecular formula is C15H10N4O5S2. The van der Waals surface area contributed by atoms with Gasteiger partial charge in [0.05, 0.1) is 16.0 Å². The van der Waals surface area contributed by atoms with Gasteiger partial charge in [-0.2, -0.15) is 0 Å². The van der Waals surface area contributed by atoms with Gasteiger partial charge in [-0.15, -0.1) is 0 Å². The average Bonchev–Trinajstić information content (AvgIpc) is 3.12. The number of nitrogens with zero attached hydrogens (tertiary/aromatic N) is 3. The van der Waals surface area contributed by atoms with Crippen molar-refractivity contribution < 1.29 is 18.1 Å². The Hall–Kier alpha value is -3.18. The molecule has 3 aromatic rings. The Labute approximate surface area is 151 Å². The first-order valence-corrected chi connectivity index (χ1v) is 9.35. The minimum atomic E-state index is -3.89. The molecule has 0 saturated carbocycles. The zero-order valence-electron chi connectivity index (χ0n) is 12.9. The Bertz CT molecular complexity index is 1060. The van der Waals surface area contributed by atoms with E-state index in [0.717, 1.165) is 41.8 Å². The highest BCUT2D eigenvalue weighted by molar-refractivity contribution is 7.93. The van der Waals surface area contributed by atoms with Gasteiger partial charge in [0.1, 0.15) is 9.90 Å². The van der Waals surface area contributed by atoms with Gasteiger partial charge >= 0.3 is 0 Å². The molecule has 132 valence electrons. The van der Waals surface area contributed by atoms with Gasteiger partial charge in [-0.25, -0.2) is 13.4 Å². The van der Waals surface area contributed by atoms with Crippen molar-refractivity contribution in [2.24, 2.45) is 0 Å². The Balaban J connectivity index is 1.82. The summed E-state index contributed by atoms with van der Waals surface area (Å²) >= 11 is 0.775. The summed E-state index contributed by atoms with van der Waals surface area (Å²) in [7, 11) is -3.89. The largest absolute Gasteiger partial charge is 0.296 e. The molecule has 1 aromatic carbocycles. The third kappa shape index (κ3) is 3.58. The predicted molar refractivity (Wildman–Crippen MR) is 92.9 cm³/mol. The summed E-state index contributed by atoms with van der Waals surface area (Å²) in [6, 6.07) is 9.34. The second-order valence-electron chi connectivity index (χ2n) is 4.91. The second kappa shape index (κ2) is 6.98. The smallest absolute Gasteiger partial charge is 0.276 e. The van der Waals surface area contributed by atoms with Crippen LogP contribution in [0.25, 0.3) is 0 Å². The summed E-state index contributed by atoms with van der Waals surface area (Å²) in [5.74, 6) is -0.515. The molecule has 9 nitrogen and oxygen atoms in total. The summed E-state index contributed by atoms with van der Waals surface area (Å²) in [6.07, 6.45) is 2.58. The van der Waals surface area contributed by atoms with Crippen molar-refractivity contribution in [1.29, 1.82) is 0 Å². The first-order chi connectivity index (χ1) is 12.4. The molecule has 0 atom stereocenters. The molecule has 11 heteroatoms. The number of hydrogen-bond donors (Lipinski definition) is 1. The van der Waals surface area contributed by atoms with E-state index in [9.17, 15) is 23.3 Å². The molecule has 0 fully saturated rings. The maximum absolute atomic E-state index is 12.6. The number of nitro groups is 1. The standard InChI is InChI=1S/C15H10N4O5S2/c20-14(12-3-1-2-8-16-12)18-15-17-9-13(25-15)26(23,24)11-6-4-10(5-7-11)19(21)22/h1-9H,(H,17,18,20). The molecule has 0 radical (unpaired) electrons. The molecule has 1 amide bonds. The molecule has 2 aromatic heterocycles. The second-order valence-corrected chi connectivity index (χ2v) is 8.12. The van der Waals surface area contributed by atoms with Crippen LogP contribution in [-0.2, 0) is 9.84 Å². The van der Waals surface area contributed by atoms with Crippen LogP contribution >= 0.6 is 11.3 Å². The van der Waals surface area contributed by atoms with Gasteiger partial charge in [-0.05, 0) is 24.3 Å². The highest BCUT2D eigenvalue weighted by Gasteiger charge is 2.22. The number of thiazole rings is 1. The molecule has 0 aliphatic heterocycles. The number of nitro benzene ring substituents is 1. The number of benzene rings is 1. The van der Waals surface area contributed by atoms with E-state index in [1.54, 1.807) is 12.1 Å². The fraction of sp³-hybridized carbons (Fsp3) is 0. The molecule has 26 heavy (non-hydrogen) atoms. The van der Waals surface area contributed by atoms with E-state index in [0.29, 0.717) is 0 Å². The highest BCUT2D eigenvalue weighted by Crippen LogP contribution is 2.29. The van der Waals surface area contributed by atoms with Crippen molar-refractivity contribution in [3.05, 3.63) is 70.7 Å². The number of sulfone groups is 1. The van der Waals surface area contributed by atoms with E-state index in [4.69, 9.17) is 0 Å². The minimum Gasteiger partial charge on any atom is -0.296 e. The van der Waals surface area contributed by atoms with Crippen LogP contribution in [0.15, 0.2) is 64.0 Å². The quantitative estimate of drug-likeness (QED) is 0.523. The molecule has 2 heterocycles. The third-order valence-corrected chi connectivity index (χ3v) is 6.37. The van der Waals surface area contributed by atoms with E-state index in [1.165, 1.54) is 12.3 Å². The highest BCUT2D eigenvalue weighted by atomic mass is 32.2. The molecule has 0 bridgehead atoms.